The van der Waals surface area contributed by atoms with Gasteiger partial charge in [0.2, 0.25) is 5.91 Å². The van der Waals surface area contributed by atoms with Crippen LogP contribution in [-0.4, -0.2) is 71.5 Å². The minimum atomic E-state index is -0.245. The number of nitrogens with zero attached hydrogens (tertiary/aromatic N) is 3. The monoisotopic (exact) mass is 309 g/mol. The molecule has 2 aliphatic heterocycles. The van der Waals surface area contributed by atoms with Crippen molar-refractivity contribution in [3.8, 4) is 0 Å². The molecule has 0 spiro atoms. The van der Waals surface area contributed by atoms with Crippen LogP contribution in [0.15, 0.2) is 0 Å². The van der Waals surface area contributed by atoms with E-state index in [2.05, 4.69) is 35.5 Å². The van der Waals surface area contributed by atoms with Crippen molar-refractivity contribution in [2.75, 3.05) is 39.3 Å². The molecule has 128 valence electrons. The van der Waals surface area contributed by atoms with Crippen molar-refractivity contribution in [1.29, 1.82) is 0 Å². The molecule has 0 aromatic rings. The molecule has 0 aromatic heterocycles. The summed E-state index contributed by atoms with van der Waals surface area (Å²) in [4.78, 5) is 19.7. The number of piperazine rings is 1. The largest absolute Gasteiger partial charge is 0.342 e. The summed E-state index contributed by atoms with van der Waals surface area (Å²) in [6.45, 7) is 19.5. The first-order valence-electron chi connectivity index (χ1n) is 8.87. The van der Waals surface area contributed by atoms with Crippen LogP contribution in [0.5, 0.6) is 0 Å². The van der Waals surface area contributed by atoms with E-state index in [-0.39, 0.29) is 11.0 Å². The average Bonchev–Trinajstić information content (AvgIpc) is 2.45. The van der Waals surface area contributed by atoms with Crippen molar-refractivity contribution in [2.45, 2.75) is 66.0 Å². The maximum Gasteiger partial charge on any atom is 0.227 e. The Morgan fingerprint density at radius 3 is 1.73 bits per heavy atom. The van der Waals surface area contributed by atoms with Gasteiger partial charge in [-0.1, -0.05) is 20.8 Å². The summed E-state index contributed by atoms with van der Waals surface area (Å²) < 4.78 is 0. The third-order valence-corrected chi connectivity index (χ3v) is 5.17. The Hall–Kier alpha value is -0.610. The van der Waals surface area contributed by atoms with Crippen LogP contribution < -0.4 is 0 Å². The quantitative estimate of drug-likeness (QED) is 0.744. The zero-order valence-corrected chi connectivity index (χ0v) is 15.5. The van der Waals surface area contributed by atoms with Crippen LogP contribution >= 0.6 is 0 Å². The fourth-order valence-corrected chi connectivity index (χ4v) is 3.67. The molecule has 2 fully saturated rings. The Morgan fingerprint density at radius 2 is 1.32 bits per heavy atom. The van der Waals surface area contributed by atoms with E-state index >= 15 is 0 Å². The Labute approximate surface area is 136 Å². The highest BCUT2D eigenvalue weighted by Gasteiger charge is 2.34. The summed E-state index contributed by atoms with van der Waals surface area (Å²) in [6.07, 6.45) is 2.27. The number of piperidine rings is 1. The number of carbonyl (C=O) groups excluding carboxylic acids is 1. The van der Waals surface area contributed by atoms with E-state index in [4.69, 9.17) is 0 Å². The third-order valence-electron chi connectivity index (χ3n) is 5.17. The smallest absolute Gasteiger partial charge is 0.227 e. The SMILES string of the molecule is CC(C)(C)C(=O)N1CCC(N2CCN(C(C)(C)C)CC2)CC1. The van der Waals surface area contributed by atoms with Gasteiger partial charge in [0.05, 0.1) is 0 Å². The molecule has 0 radical (unpaired) electrons. The van der Waals surface area contributed by atoms with Crippen molar-refractivity contribution >= 4 is 5.91 Å². The van der Waals surface area contributed by atoms with Crippen LogP contribution in [0, 0.1) is 5.41 Å². The maximum absolute atomic E-state index is 12.4. The van der Waals surface area contributed by atoms with Gasteiger partial charge >= 0.3 is 0 Å². The fourth-order valence-electron chi connectivity index (χ4n) is 3.67. The van der Waals surface area contributed by atoms with Gasteiger partial charge in [0.15, 0.2) is 0 Å². The zero-order chi connectivity index (χ0) is 16.5. The van der Waals surface area contributed by atoms with Crippen molar-refractivity contribution < 1.29 is 4.79 Å². The molecule has 2 aliphatic rings. The van der Waals surface area contributed by atoms with Crippen LogP contribution in [0.3, 0.4) is 0 Å². The van der Waals surface area contributed by atoms with Gasteiger partial charge in [-0.25, -0.2) is 0 Å². The highest BCUT2D eigenvalue weighted by Crippen LogP contribution is 2.24. The molecule has 0 saturated carbocycles. The van der Waals surface area contributed by atoms with E-state index in [1.807, 2.05) is 20.8 Å². The molecule has 22 heavy (non-hydrogen) atoms. The summed E-state index contributed by atoms with van der Waals surface area (Å²) in [5, 5.41) is 0. The van der Waals surface area contributed by atoms with E-state index in [1.165, 1.54) is 26.2 Å². The molecular weight excluding hydrogens is 274 g/mol. The van der Waals surface area contributed by atoms with Crippen molar-refractivity contribution in [3.63, 3.8) is 0 Å². The van der Waals surface area contributed by atoms with E-state index in [0.717, 1.165) is 25.9 Å². The first-order valence-corrected chi connectivity index (χ1v) is 8.87. The lowest BCUT2D eigenvalue weighted by Gasteiger charge is -2.46. The second-order valence-electron chi connectivity index (χ2n) is 8.97. The van der Waals surface area contributed by atoms with E-state index in [1.54, 1.807) is 0 Å². The van der Waals surface area contributed by atoms with Crippen LogP contribution in [0.1, 0.15) is 54.4 Å². The number of hydrogen-bond donors (Lipinski definition) is 0. The second kappa shape index (κ2) is 6.48. The van der Waals surface area contributed by atoms with Crippen molar-refractivity contribution in [2.24, 2.45) is 5.41 Å². The Kier molecular flexibility index (Phi) is 5.23. The lowest BCUT2D eigenvalue weighted by atomic mass is 9.92. The molecule has 0 aliphatic carbocycles. The Bertz CT molecular complexity index is 378. The number of carbonyl (C=O) groups is 1. The molecule has 4 nitrogen and oxygen atoms in total. The number of likely N-dealkylation sites (tertiary alicyclic amines) is 1. The predicted octanol–water partition coefficient (Wildman–Crippen LogP) is 2.44. The molecule has 0 N–H and O–H groups in total. The standard InChI is InChI=1S/C18H35N3O/c1-17(2,3)16(22)20-9-7-15(8-10-20)19-11-13-21(14-12-19)18(4,5)6/h15H,7-14H2,1-6H3. The van der Waals surface area contributed by atoms with Gasteiger partial charge in [0.1, 0.15) is 0 Å². The third kappa shape index (κ3) is 4.23. The molecule has 2 heterocycles. The predicted molar refractivity (Wildman–Crippen MR) is 92.0 cm³/mol. The van der Waals surface area contributed by atoms with Crippen molar-refractivity contribution in [3.05, 3.63) is 0 Å². The molecule has 0 unspecified atom stereocenters. The van der Waals surface area contributed by atoms with Crippen LogP contribution in [-0.2, 0) is 4.79 Å². The number of rotatable bonds is 1. The molecule has 4 heteroatoms. The molecule has 0 atom stereocenters. The normalized spacial score (nSPS) is 23.8. The summed E-state index contributed by atoms with van der Waals surface area (Å²) in [5.41, 5.74) is 0.0414. The van der Waals surface area contributed by atoms with E-state index < -0.39 is 0 Å². The summed E-state index contributed by atoms with van der Waals surface area (Å²) in [7, 11) is 0. The second-order valence-corrected chi connectivity index (χ2v) is 8.97. The van der Waals surface area contributed by atoms with E-state index in [0.29, 0.717) is 11.9 Å². The van der Waals surface area contributed by atoms with Crippen LogP contribution in [0.25, 0.3) is 0 Å². The van der Waals surface area contributed by atoms with Gasteiger partial charge in [0.25, 0.3) is 0 Å². The highest BCUT2D eigenvalue weighted by atomic mass is 16.2. The number of amides is 1. The first-order chi connectivity index (χ1) is 10.1. The number of hydrogen-bond acceptors (Lipinski definition) is 3. The van der Waals surface area contributed by atoms with Crippen LogP contribution in [0.2, 0.25) is 0 Å². The highest BCUT2D eigenvalue weighted by molar-refractivity contribution is 5.81. The minimum Gasteiger partial charge on any atom is -0.342 e. The van der Waals surface area contributed by atoms with Crippen LogP contribution in [0.4, 0.5) is 0 Å². The Balaban J connectivity index is 1.80. The van der Waals surface area contributed by atoms with Gasteiger partial charge in [-0.2, -0.15) is 0 Å². The lowest BCUT2D eigenvalue weighted by molar-refractivity contribution is -0.141. The summed E-state index contributed by atoms with van der Waals surface area (Å²) >= 11 is 0. The van der Waals surface area contributed by atoms with Gasteiger partial charge in [-0.15, -0.1) is 0 Å². The maximum atomic E-state index is 12.4. The topological polar surface area (TPSA) is 26.8 Å². The molecule has 1 amide bonds. The fraction of sp³-hybridized carbons (Fsp3) is 0.944. The Morgan fingerprint density at radius 1 is 0.818 bits per heavy atom. The molecule has 0 aromatic carbocycles. The lowest BCUT2D eigenvalue weighted by Crippen LogP contribution is -2.57. The molecule has 0 bridgehead atoms. The molecule has 2 saturated heterocycles. The summed E-state index contributed by atoms with van der Waals surface area (Å²) in [5.74, 6) is 0.309. The van der Waals surface area contributed by atoms with Gasteiger partial charge in [-0.05, 0) is 33.6 Å². The molecular formula is C18H35N3O. The first kappa shape index (κ1) is 17.7. The minimum absolute atomic E-state index is 0.245. The van der Waals surface area contributed by atoms with E-state index in [9.17, 15) is 4.79 Å². The van der Waals surface area contributed by atoms with Gasteiger partial charge < -0.3 is 4.90 Å². The zero-order valence-electron chi connectivity index (χ0n) is 15.5. The van der Waals surface area contributed by atoms with Gasteiger partial charge in [0, 0.05) is 56.3 Å². The molecule has 2 rings (SSSR count). The van der Waals surface area contributed by atoms with Crippen molar-refractivity contribution in [1.82, 2.24) is 14.7 Å². The van der Waals surface area contributed by atoms with Gasteiger partial charge in [-0.3, -0.25) is 14.6 Å². The average molecular weight is 309 g/mol. The summed E-state index contributed by atoms with van der Waals surface area (Å²) in [6, 6.07) is 0.672.